The molecule has 4 nitrogen and oxygen atoms in total. The van der Waals surface area contributed by atoms with Crippen molar-refractivity contribution in [2.45, 2.75) is 33.2 Å². The van der Waals surface area contributed by atoms with Gasteiger partial charge in [0.15, 0.2) is 0 Å². The predicted octanol–water partition coefficient (Wildman–Crippen LogP) is 2.62. The Morgan fingerprint density at radius 3 is 2.40 bits per heavy atom. The SMILES string of the molecule is CCC(C)C(NC(=O)/C=C/c1ccc(C)cc1)C(=O)O. The summed E-state index contributed by atoms with van der Waals surface area (Å²) in [6, 6.07) is 6.87. The van der Waals surface area contributed by atoms with Gasteiger partial charge in [-0.25, -0.2) is 4.79 Å². The average Bonchev–Trinajstić information content (AvgIpc) is 2.43. The molecular formula is C16H21NO3. The Morgan fingerprint density at radius 1 is 1.30 bits per heavy atom. The highest BCUT2D eigenvalue weighted by Crippen LogP contribution is 2.08. The van der Waals surface area contributed by atoms with E-state index in [0.29, 0.717) is 6.42 Å². The lowest BCUT2D eigenvalue weighted by molar-refractivity contribution is -0.142. The monoisotopic (exact) mass is 275 g/mol. The zero-order valence-corrected chi connectivity index (χ0v) is 12.1. The van der Waals surface area contributed by atoms with E-state index in [0.717, 1.165) is 11.1 Å². The smallest absolute Gasteiger partial charge is 0.326 e. The van der Waals surface area contributed by atoms with E-state index < -0.39 is 17.9 Å². The molecule has 20 heavy (non-hydrogen) atoms. The third-order valence-corrected chi connectivity index (χ3v) is 3.28. The molecule has 2 unspecified atom stereocenters. The summed E-state index contributed by atoms with van der Waals surface area (Å²) < 4.78 is 0. The van der Waals surface area contributed by atoms with Crippen LogP contribution in [0.25, 0.3) is 6.08 Å². The van der Waals surface area contributed by atoms with Gasteiger partial charge in [0.2, 0.25) is 5.91 Å². The predicted molar refractivity (Wildman–Crippen MR) is 79.2 cm³/mol. The van der Waals surface area contributed by atoms with E-state index in [4.69, 9.17) is 5.11 Å². The number of aliphatic carboxylic acids is 1. The number of carboxylic acids is 1. The van der Waals surface area contributed by atoms with Crippen LogP contribution in [0.1, 0.15) is 31.4 Å². The van der Waals surface area contributed by atoms with Crippen LogP contribution in [0, 0.1) is 12.8 Å². The largest absolute Gasteiger partial charge is 0.480 e. The molecule has 2 atom stereocenters. The third kappa shape index (κ3) is 4.88. The molecule has 0 heterocycles. The maximum absolute atomic E-state index is 11.8. The topological polar surface area (TPSA) is 66.4 Å². The maximum Gasteiger partial charge on any atom is 0.326 e. The molecule has 1 rings (SSSR count). The summed E-state index contributed by atoms with van der Waals surface area (Å²) in [5.74, 6) is -1.50. The lowest BCUT2D eigenvalue weighted by atomic mass is 9.99. The number of carbonyl (C=O) groups excluding carboxylic acids is 1. The van der Waals surface area contributed by atoms with Crippen molar-refractivity contribution in [1.82, 2.24) is 5.32 Å². The second-order valence-corrected chi connectivity index (χ2v) is 4.95. The standard InChI is InChI=1S/C16H21NO3/c1-4-12(3)15(16(19)20)17-14(18)10-9-13-7-5-11(2)6-8-13/h5-10,12,15H,4H2,1-3H3,(H,17,18)(H,19,20)/b10-9+. The minimum atomic E-state index is -1.00. The van der Waals surface area contributed by atoms with E-state index in [1.54, 1.807) is 6.08 Å². The van der Waals surface area contributed by atoms with Crippen LogP contribution in [0.2, 0.25) is 0 Å². The molecule has 0 aromatic heterocycles. The van der Waals surface area contributed by atoms with Crippen LogP contribution in [0.3, 0.4) is 0 Å². The Labute approximate surface area is 119 Å². The van der Waals surface area contributed by atoms with Crippen LogP contribution in [-0.4, -0.2) is 23.0 Å². The molecule has 2 N–H and O–H groups in total. The van der Waals surface area contributed by atoms with Gasteiger partial charge < -0.3 is 10.4 Å². The number of hydrogen-bond acceptors (Lipinski definition) is 2. The van der Waals surface area contributed by atoms with Gasteiger partial charge >= 0.3 is 5.97 Å². The number of carbonyl (C=O) groups is 2. The summed E-state index contributed by atoms with van der Waals surface area (Å²) in [5, 5.41) is 11.6. The van der Waals surface area contributed by atoms with Crippen LogP contribution >= 0.6 is 0 Å². The van der Waals surface area contributed by atoms with Crippen molar-refractivity contribution in [2.24, 2.45) is 5.92 Å². The number of nitrogens with one attached hydrogen (secondary N) is 1. The van der Waals surface area contributed by atoms with E-state index in [1.165, 1.54) is 6.08 Å². The van der Waals surface area contributed by atoms with Gasteiger partial charge in [-0.15, -0.1) is 0 Å². The summed E-state index contributed by atoms with van der Waals surface area (Å²) in [6.45, 7) is 5.70. The number of amides is 1. The highest BCUT2D eigenvalue weighted by atomic mass is 16.4. The molecule has 108 valence electrons. The van der Waals surface area contributed by atoms with Crippen LogP contribution in [0.15, 0.2) is 30.3 Å². The fraction of sp³-hybridized carbons (Fsp3) is 0.375. The zero-order chi connectivity index (χ0) is 15.1. The minimum absolute atomic E-state index is 0.107. The molecule has 1 aromatic rings. The lowest BCUT2D eigenvalue weighted by Gasteiger charge is -2.19. The number of carboxylic acid groups (broad SMARTS) is 1. The normalized spacial score (nSPS) is 13.9. The Morgan fingerprint density at radius 2 is 1.90 bits per heavy atom. The molecule has 0 aliphatic heterocycles. The molecule has 0 aliphatic rings. The van der Waals surface area contributed by atoms with Crippen LogP contribution in [-0.2, 0) is 9.59 Å². The van der Waals surface area contributed by atoms with Gasteiger partial charge in [-0.05, 0) is 24.5 Å². The number of hydrogen-bond donors (Lipinski definition) is 2. The summed E-state index contributed by atoms with van der Waals surface area (Å²) in [6.07, 6.45) is 3.73. The Hall–Kier alpha value is -2.10. The summed E-state index contributed by atoms with van der Waals surface area (Å²) >= 11 is 0. The third-order valence-electron chi connectivity index (χ3n) is 3.28. The highest BCUT2D eigenvalue weighted by molar-refractivity contribution is 5.94. The van der Waals surface area contributed by atoms with Gasteiger partial charge in [0.1, 0.15) is 6.04 Å². The van der Waals surface area contributed by atoms with Gasteiger partial charge in [-0.1, -0.05) is 50.1 Å². The lowest BCUT2D eigenvalue weighted by Crippen LogP contribution is -2.44. The van der Waals surface area contributed by atoms with E-state index in [-0.39, 0.29) is 5.92 Å². The van der Waals surface area contributed by atoms with Crippen LogP contribution in [0.4, 0.5) is 0 Å². The van der Waals surface area contributed by atoms with E-state index >= 15 is 0 Å². The van der Waals surface area contributed by atoms with Crippen molar-refractivity contribution in [2.75, 3.05) is 0 Å². The van der Waals surface area contributed by atoms with Gasteiger partial charge in [0.05, 0.1) is 0 Å². The molecule has 0 saturated heterocycles. The Balaban J connectivity index is 2.66. The fourth-order valence-electron chi connectivity index (χ4n) is 1.73. The molecule has 0 fully saturated rings. The molecule has 0 bridgehead atoms. The van der Waals surface area contributed by atoms with Gasteiger partial charge in [-0.2, -0.15) is 0 Å². The second-order valence-electron chi connectivity index (χ2n) is 4.95. The molecule has 1 amide bonds. The van der Waals surface area contributed by atoms with Crippen molar-refractivity contribution in [3.05, 3.63) is 41.5 Å². The first-order valence-electron chi connectivity index (χ1n) is 6.72. The first-order chi connectivity index (χ1) is 9.43. The van der Waals surface area contributed by atoms with E-state index in [2.05, 4.69) is 5.32 Å². The summed E-state index contributed by atoms with van der Waals surface area (Å²) in [5.41, 5.74) is 2.05. The molecule has 0 spiro atoms. The van der Waals surface area contributed by atoms with Crippen molar-refractivity contribution in [1.29, 1.82) is 0 Å². The van der Waals surface area contributed by atoms with Crippen LogP contribution in [0.5, 0.6) is 0 Å². The van der Waals surface area contributed by atoms with Gasteiger partial charge in [-0.3, -0.25) is 4.79 Å². The van der Waals surface area contributed by atoms with E-state index in [9.17, 15) is 9.59 Å². The summed E-state index contributed by atoms with van der Waals surface area (Å²) in [4.78, 5) is 22.9. The second kappa shape index (κ2) is 7.48. The van der Waals surface area contributed by atoms with E-state index in [1.807, 2.05) is 45.0 Å². The molecule has 4 heteroatoms. The molecule has 0 aliphatic carbocycles. The van der Waals surface area contributed by atoms with Crippen molar-refractivity contribution in [3.8, 4) is 0 Å². The summed E-state index contributed by atoms with van der Waals surface area (Å²) in [7, 11) is 0. The fourth-order valence-corrected chi connectivity index (χ4v) is 1.73. The van der Waals surface area contributed by atoms with Gasteiger partial charge in [0, 0.05) is 6.08 Å². The maximum atomic E-state index is 11.8. The zero-order valence-electron chi connectivity index (χ0n) is 12.1. The number of aryl methyl sites for hydroxylation is 1. The molecule has 0 saturated carbocycles. The first kappa shape index (κ1) is 16.0. The Kier molecular flexibility index (Phi) is 5.97. The van der Waals surface area contributed by atoms with Crippen molar-refractivity contribution >= 4 is 18.0 Å². The van der Waals surface area contributed by atoms with Gasteiger partial charge in [0.25, 0.3) is 0 Å². The van der Waals surface area contributed by atoms with Crippen LogP contribution < -0.4 is 5.32 Å². The molecule has 0 radical (unpaired) electrons. The Bertz CT molecular complexity index is 491. The molecular weight excluding hydrogens is 254 g/mol. The number of rotatable bonds is 6. The molecule has 1 aromatic carbocycles. The first-order valence-corrected chi connectivity index (χ1v) is 6.72. The van der Waals surface area contributed by atoms with Crippen molar-refractivity contribution < 1.29 is 14.7 Å². The quantitative estimate of drug-likeness (QED) is 0.784. The average molecular weight is 275 g/mol. The minimum Gasteiger partial charge on any atom is -0.480 e. The highest BCUT2D eigenvalue weighted by Gasteiger charge is 2.24. The number of benzene rings is 1. The van der Waals surface area contributed by atoms with Crippen molar-refractivity contribution in [3.63, 3.8) is 0 Å².